The fourth-order valence-corrected chi connectivity index (χ4v) is 2.33. The van der Waals surface area contributed by atoms with Crippen LogP contribution in [-0.4, -0.2) is 17.9 Å². The number of benzene rings is 2. The van der Waals surface area contributed by atoms with Gasteiger partial charge in [-0.2, -0.15) is 13.2 Å². The van der Waals surface area contributed by atoms with E-state index in [4.69, 9.17) is 5.73 Å². The molecule has 0 saturated heterocycles. The van der Waals surface area contributed by atoms with Crippen LogP contribution in [0.15, 0.2) is 48.5 Å². The number of amides is 2. The molecule has 8 heteroatoms. The quantitative estimate of drug-likeness (QED) is 0.702. The molecule has 0 saturated carbocycles. The topological polar surface area (TPSA) is 84.2 Å². The van der Waals surface area contributed by atoms with E-state index in [2.05, 4.69) is 10.6 Å². The predicted molar refractivity (Wildman–Crippen MR) is 100 cm³/mol. The molecule has 2 aromatic carbocycles. The Labute approximate surface area is 161 Å². The molecule has 0 radical (unpaired) electrons. The minimum atomic E-state index is -4.44. The summed E-state index contributed by atoms with van der Waals surface area (Å²) in [6, 6.07) is 10.2. The molecule has 2 aromatic rings. The molecule has 28 heavy (non-hydrogen) atoms. The van der Waals surface area contributed by atoms with E-state index in [9.17, 15) is 22.8 Å². The minimum absolute atomic E-state index is 0.0136. The van der Waals surface area contributed by atoms with Gasteiger partial charge in [0.1, 0.15) is 0 Å². The minimum Gasteiger partial charge on any atom is -0.348 e. The summed E-state index contributed by atoms with van der Waals surface area (Å²) in [5.74, 6) is -0.743. The fraction of sp³-hybridized carbons (Fsp3) is 0.300. The highest BCUT2D eigenvalue weighted by Gasteiger charge is 2.30. The van der Waals surface area contributed by atoms with E-state index in [0.717, 1.165) is 29.8 Å². The zero-order valence-electron chi connectivity index (χ0n) is 15.5. The van der Waals surface area contributed by atoms with Crippen LogP contribution in [0.2, 0.25) is 0 Å². The van der Waals surface area contributed by atoms with Crippen molar-refractivity contribution in [2.45, 2.75) is 32.6 Å². The van der Waals surface area contributed by atoms with Crippen molar-refractivity contribution in [2.75, 3.05) is 5.32 Å². The zero-order chi connectivity index (χ0) is 20.9. The van der Waals surface area contributed by atoms with E-state index in [0.29, 0.717) is 5.69 Å². The molecule has 0 aliphatic heterocycles. The van der Waals surface area contributed by atoms with Crippen molar-refractivity contribution in [1.82, 2.24) is 5.32 Å². The average Bonchev–Trinajstić information content (AvgIpc) is 2.65. The third kappa shape index (κ3) is 5.82. The maximum absolute atomic E-state index is 12.6. The standard InChI is InChI=1S/C20H22F3N3O2/c1-12(2)17(24)19(28)26-16-9-3-13(4-10-16)11-25-18(27)14-5-7-15(8-6-14)20(21,22)23/h3-10,12,17H,11,24H2,1-2H3,(H,25,27)(H,26,28)/t17-/m0/s1. The largest absolute Gasteiger partial charge is 0.416 e. The number of halogens is 3. The first-order chi connectivity index (χ1) is 13.1. The number of carbonyl (C=O) groups is 2. The molecule has 0 spiro atoms. The van der Waals surface area contributed by atoms with Crippen molar-refractivity contribution in [1.29, 1.82) is 0 Å². The number of anilines is 1. The maximum Gasteiger partial charge on any atom is 0.416 e. The molecule has 0 bridgehead atoms. The van der Waals surface area contributed by atoms with Gasteiger partial charge in [-0.1, -0.05) is 26.0 Å². The summed E-state index contributed by atoms with van der Waals surface area (Å²) in [6.07, 6.45) is -4.44. The molecule has 0 aliphatic carbocycles. The summed E-state index contributed by atoms with van der Waals surface area (Å²) in [7, 11) is 0. The molecular formula is C20H22F3N3O2. The van der Waals surface area contributed by atoms with Crippen LogP contribution in [0.4, 0.5) is 18.9 Å². The van der Waals surface area contributed by atoms with Gasteiger partial charge in [-0.05, 0) is 47.9 Å². The van der Waals surface area contributed by atoms with Gasteiger partial charge in [0.2, 0.25) is 5.91 Å². The molecule has 2 amide bonds. The molecule has 0 aromatic heterocycles. The highest BCUT2D eigenvalue weighted by atomic mass is 19.4. The molecule has 5 nitrogen and oxygen atoms in total. The van der Waals surface area contributed by atoms with E-state index in [1.807, 2.05) is 13.8 Å². The third-order valence-corrected chi connectivity index (χ3v) is 4.17. The second kappa shape index (κ2) is 8.88. The number of alkyl halides is 3. The number of nitrogens with two attached hydrogens (primary N) is 1. The first-order valence-electron chi connectivity index (χ1n) is 8.69. The van der Waals surface area contributed by atoms with Crippen LogP contribution in [0.25, 0.3) is 0 Å². The molecular weight excluding hydrogens is 371 g/mol. The van der Waals surface area contributed by atoms with E-state index >= 15 is 0 Å². The number of hydrogen-bond acceptors (Lipinski definition) is 3. The van der Waals surface area contributed by atoms with Crippen LogP contribution in [0, 0.1) is 5.92 Å². The highest BCUT2D eigenvalue weighted by molar-refractivity contribution is 5.95. The highest BCUT2D eigenvalue weighted by Crippen LogP contribution is 2.29. The van der Waals surface area contributed by atoms with Crippen molar-refractivity contribution in [3.8, 4) is 0 Å². The smallest absolute Gasteiger partial charge is 0.348 e. The first kappa shape index (κ1) is 21.4. The van der Waals surface area contributed by atoms with Crippen molar-refractivity contribution >= 4 is 17.5 Å². The number of hydrogen-bond donors (Lipinski definition) is 3. The number of nitrogens with one attached hydrogen (secondary N) is 2. The van der Waals surface area contributed by atoms with Crippen molar-refractivity contribution < 1.29 is 22.8 Å². The summed E-state index contributed by atoms with van der Waals surface area (Å²) < 4.78 is 37.7. The number of rotatable bonds is 6. The summed E-state index contributed by atoms with van der Waals surface area (Å²) in [6.45, 7) is 3.90. The van der Waals surface area contributed by atoms with Gasteiger partial charge in [0.05, 0.1) is 11.6 Å². The molecule has 150 valence electrons. The van der Waals surface area contributed by atoms with Gasteiger partial charge in [-0.3, -0.25) is 9.59 Å². The van der Waals surface area contributed by atoms with Crippen LogP contribution in [0.1, 0.15) is 35.3 Å². The summed E-state index contributed by atoms with van der Waals surface area (Å²) in [5, 5.41) is 5.35. The van der Waals surface area contributed by atoms with Gasteiger partial charge in [-0.15, -0.1) is 0 Å². The predicted octanol–water partition coefficient (Wildman–Crippen LogP) is 3.56. The third-order valence-electron chi connectivity index (χ3n) is 4.17. The molecule has 1 atom stereocenters. The lowest BCUT2D eigenvalue weighted by Crippen LogP contribution is -2.39. The van der Waals surface area contributed by atoms with E-state index < -0.39 is 23.7 Å². The van der Waals surface area contributed by atoms with Crippen LogP contribution in [0.5, 0.6) is 0 Å². The first-order valence-corrected chi connectivity index (χ1v) is 8.69. The fourth-order valence-electron chi connectivity index (χ4n) is 2.33. The Kier molecular flexibility index (Phi) is 6.80. The summed E-state index contributed by atoms with van der Waals surface area (Å²) in [4.78, 5) is 24.0. The van der Waals surface area contributed by atoms with Crippen molar-refractivity contribution in [3.63, 3.8) is 0 Å². The Morgan fingerprint density at radius 2 is 1.57 bits per heavy atom. The van der Waals surface area contributed by atoms with Gasteiger partial charge in [-0.25, -0.2) is 0 Å². The van der Waals surface area contributed by atoms with Gasteiger partial charge >= 0.3 is 6.18 Å². The van der Waals surface area contributed by atoms with Gasteiger partial charge < -0.3 is 16.4 Å². The summed E-state index contributed by atoms with van der Waals surface area (Å²) >= 11 is 0. The van der Waals surface area contributed by atoms with Crippen molar-refractivity contribution in [2.24, 2.45) is 11.7 Å². The molecule has 0 unspecified atom stereocenters. The second-order valence-corrected chi connectivity index (χ2v) is 6.71. The maximum atomic E-state index is 12.6. The van der Waals surface area contributed by atoms with Gasteiger partial charge in [0.15, 0.2) is 0 Å². The van der Waals surface area contributed by atoms with Crippen LogP contribution in [0.3, 0.4) is 0 Å². The lowest BCUT2D eigenvalue weighted by molar-refractivity contribution is -0.137. The Bertz CT molecular complexity index is 816. The summed E-state index contributed by atoms with van der Waals surface area (Å²) in [5.41, 5.74) is 6.47. The van der Waals surface area contributed by atoms with Crippen LogP contribution in [-0.2, 0) is 17.5 Å². The van der Waals surface area contributed by atoms with E-state index in [1.165, 1.54) is 0 Å². The Morgan fingerprint density at radius 1 is 1.00 bits per heavy atom. The lowest BCUT2D eigenvalue weighted by atomic mass is 10.0. The normalized spacial score (nSPS) is 12.5. The van der Waals surface area contributed by atoms with Gasteiger partial charge in [0.25, 0.3) is 5.91 Å². The number of carbonyl (C=O) groups excluding carboxylic acids is 2. The van der Waals surface area contributed by atoms with E-state index in [-0.39, 0.29) is 23.9 Å². The Balaban J connectivity index is 1.90. The zero-order valence-corrected chi connectivity index (χ0v) is 15.5. The van der Waals surface area contributed by atoms with Gasteiger partial charge in [0, 0.05) is 17.8 Å². The van der Waals surface area contributed by atoms with E-state index in [1.54, 1.807) is 24.3 Å². The molecule has 0 heterocycles. The SMILES string of the molecule is CC(C)[C@H](N)C(=O)Nc1ccc(CNC(=O)c2ccc(C(F)(F)F)cc2)cc1. The molecule has 2 rings (SSSR count). The second-order valence-electron chi connectivity index (χ2n) is 6.71. The van der Waals surface area contributed by atoms with Crippen LogP contribution < -0.4 is 16.4 Å². The molecule has 4 N–H and O–H groups in total. The lowest BCUT2D eigenvalue weighted by Gasteiger charge is -2.15. The molecule has 0 fully saturated rings. The average molecular weight is 393 g/mol. The van der Waals surface area contributed by atoms with Crippen molar-refractivity contribution in [3.05, 3.63) is 65.2 Å². The Hall–Kier alpha value is -2.87. The Morgan fingerprint density at radius 3 is 2.07 bits per heavy atom. The monoisotopic (exact) mass is 393 g/mol. The van der Waals surface area contributed by atoms with Crippen LogP contribution >= 0.6 is 0 Å². The molecule has 0 aliphatic rings.